The molecular formula is C26H22N4Pt. The third-order valence-electron chi connectivity index (χ3n) is 5.51. The van der Waals surface area contributed by atoms with Gasteiger partial charge in [-0.15, -0.1) is 48.5 Å². The molecule has 6 rings (SSSR count). The van der Waals surface area contributed by atoms with E-state index in [1.807, 2.05) is 48.8 Å². The molecule has 0 aliphatic heterocycles. The van der Waals surface area contributed by atoms with Crippen molar-refractivity contribution in [2.75, 3.05) is 0 Å². The van der Waals surface area contributed by atoms with Gasteiger partial charge in [0.1, 0.15) is 0 Å². The van der Waals surface area contributed by atoms with Crippen LogP contribution in [0.3, 0.4) is 0 Å². The fourth-order valence-electron chi connectivity index (χ4n) is 4.24. The minimum atomic E-state index is 0. The Kier molecular flexibility index (Phi) is 6.20. The van der Waals surface area contributed by atoms with Gasteiger partial charge in [-0.25, -0.2) is 0 Å². The molecule has 0 saturated carbocycles. The van der Waals surface area contributed by atoms with Gasteiger partial charge < -0.3 is 19.1 Å². The summed E-state index contributed by atoms with van der Waals surface area (Å²) in [4.78, 5) is 8.85. The van der Waals surface area contributed by atoms with Crippen LogP contribution < -0.4 is 0 Å². The van der Waals surface area contributed by atoms with Crippen molar-refractivity contribution >= 4 is 43.9 Å². The molecule has 2 aromatic carbocycles. The summed E-state index contributed by atoms with van der Waals surface area (Å²) in [6.07, 6.45) is 3.67. The van der Waals surface area contributed by atoms with Crippen LogP contribution in [0.15, 0.2) is 73.1 Å². The zero-order chi connectivity index (χ0) is 20.5. The molecule has 4 nitrogen and oxygen atoms in total. The van der Waals surface area contributed by atoms with Crippen molar-refractivity contribution in [2.45, 2.75) is 26.9 Å². The third-order valence-corrected chi connectivity index (χ3v) is 5.51. The first-order chi connectivity index (χ1) is 14.8. The van der Waals surface area contributed by atoms with E-state index in [0.29, 0.717) is 0 Å². The Bertz CT molecular complexity index is 1260. The summed E-state index contributed by atoms with van der Waals surface area (Å²) in [6, 6.07) is 26.9. The SMILES string of the molecule is CCn1c2ccc[c-]c2c2ncccc21.CCn1c2ccc[c-]c2c2ncccc21.[Pt+2]. The van der Waals surface area contributed by atoms with Gasteiger partial charge in [-0.05, 0) is 49.1 Å². The number of nitrogens with zero attached hydrogens (tertiary/aromatic N) is 4. The Hall–Kier alpha value is -2.97. The zero-order valence-electron chi connectivity index (χ0n) is 17.4. The first-order valence-corrected chi connectivity index (χ1v) is 10.3. The van der Waals surface area contributed by atoms with E-state index in [4.69, 9.17) is 0 Å². The second-order valence-electron chi connectivity index (χ2n) is 7.09. The molecule has 0 unspecified atom stereocenters. The van der Waals surface area contributed by atoms with Crippen molar-refractivity contribution in [3.8, 4) is 0 Å². The summed E-state index contributed by atoms with van der Waals surface area (Å²) in [5.41, 5.74) is 6.92. The van der Waals surface area contributed by atoms with Crippen molar-refractivity contribution in [3.63, 3.8) is 0 Å². The Morgan fingerprint density at radius 2 is 1.06 bits per heavy atom. The smallest absolute Gasteiger partial charge is 0.388 e. The fraction of sp³-hybridized carbons (Fsp3) is 0.154. The summed E-state index contributed by atoms with van der Waals surface area (Å²) < 4.78 is 4.54. The maximum Gasteiger partial charge on any atom is 2.00 e. The molecule has 0 fully saturated rings. The Morgan fingerprint density at radius 1 is 0.645 bits per heavy atom. The van der Waals surface area contributed by atoms with Crippen LogP contribution >= 0.6 is 0 Å². The van der Waals surface area contributed by atoms with Crippen molar-refractivity contribution in [3.05, 3.63) is 85.2 Å². The predicted molar refractivity (Wildman–Crippen MR) is 123 cm³/mol. The van der Waals surface area contributed by atoms with Gasteiger partial charge in [-0.1, -0.05) is 10.8 Å². The van der Waals surface area contributed by atoms with Gasteiger partial charge in [-0.3, -0.25) is 0 Å². The van der Waals surface area contributed by atoms with Crippen LogP contribution in [0, 0.1) is 12.1 Å². The molecule has 4 aromatic heterocycles. The van der Waals surface area contributed by atoms with Gasteiger partial charge in [0.25, 0.3) is 0 Å². The number of aromatic nitrogens is 4. The van der Waals surface area contributed by atoms with E-state index in [1.165, 1.54) is 22.1 Å². The number of benzene rings is 2. The molecular weight excluding hydrogens is 563 g/mol. The van der Waals surface area contributed by atoms with Crippen LogP contribution in [-0.2, 0) is 34.2 Å². The molecule has 0 radical (unpaired) electrons. The van der Waals surface area contributed by atoms with Crippen LogP contribution in [0.4, 0.5) is 0 Å². The molecule has 0 spiro atoms. The first-order valence-electron chi connectivity index (χ1n) is 10.3. The molecule has 0 aliphatic carbocycles. The van der Waals surface area contributed by atoms with Gasteiger partial charge in [0, 0.05) is 47.6 Å². The van der Waals surface area contributed by atoms with Crippen molar-refractivity contribution in [2.24, 2.45) is 0 Å². The number of rotatable bonds is 2. The van der Waals surface area contributed by atoms with Gasteiger partial charge in [0.15, 0.2) is 0 Å². The first kappa shape index (κ1) is 21.3. The average molecular weight is 586 g/mol. The molecule has 156 valence electrons. The minimum absolute atomic E-state index is 0. The molecule has 0 aliphatic rings. The molecule has 0 bridgehead atoms. The summed E-state index contributed by atoms with van der Waals surface area (Å²) in [5, 5.41) is 2.24. The van der Waals surface area contributed by atoms with E-state index in [2.05, 4.69) is 69.3 Å². The number of hydrogen-bond donors (Lipinski definition) is 0. The fourth-order valence-corrected chi connectivity index (χ4v) is 4.24. The minimum Gasteiger partial charge on any atom is -0.388 e. The van der Waals surface area contributed by atoms with Crippen LogP contribution in [0.25, 0.3) is 43.9 Å². The van der Waals surface area contributed by atoms with E-state index in [0.717, 1.165) is 34.9 Å². The van der Waals surface area contributed by atoms with Gasteiger partial charge in [-0.2, -0.15) is 0 Å². The normalized spacial score (nSPS) is 10.9. The largest absolute Gasteiger partial charge is 2.00 e. The van der Waals surface area contributed by atoms with Gasteiger partial charge in [0.2, 0.25) is 0 Å². The monoisotopic (exact) mass is 585 g/mol. The molecule has 0 N–H and O–H groups in total. The van der Waals surface area contributed by atoms with Gasteiger partial charge in [0.05, 0.1) is 0 Å². The molecule has 4 heterocycles. The van der Waals surface area contributed by atoms with E-state index in [1.54, 1.807) is 0 Å². The van der Waals surface area contributed by atoms with E-state index in [9.17, 15) is 0 Å². The molecule has 5 heteroatoms. The standard InChI is InChI=1S/2C13H11N2.Pt/c2*1-2-15-11-7-4-3-6-10(11)13-12(15)8-5-9-14-13;/h2*3-5,7-9H,2H2,1H3;/q2*-1;+2. The van der Waals surface area contributed by atoms with Crippen molar-refractivity contribution < 1.29 is 21.1 Å². The number of aryl methyl sites for hydroxylation is 2. The topological polar surface area (TPSA) is 35.6 Å². The summed E-state index contributed by atoms with van der Waals surface area (Å²) in [5.74, 6) is 0. The maximum atomic E-state index is 4.43. The zero-order valence-corrected chi connectivity index (χ0v) is 19.7. The molecule has 0 atom stereocenters. The number of pyridine rings is 2. The van der Waals surface area contributed by atoms with E-state index in [-0.39, 0.29) is 21.1 Å². The molecule has 6 aromatic rings. The Balaban J connectivity index is 0.000000144. The summed E-state index contributed by atoms with van der Waals surface area (Å²) in [7, 11) is 0. The average Bonchev–Trinajstić information content (AvgIpc) is 3.32. The summed E-state index contributed by atoms with van der Waals surface area (Å²) in [6.45, 7) is 6.23. The van der Waals surface area contributed by atoms with Gasteiger partial charge >= 0.3 is 21.1 Å². The predicted octanol–water partition coefficient (Wildman–Crippen LogP) is 6.02. The quantitative estimate of drug-likeness (QED) is 0.233. The van der Waals surface area contributed by atoms with E-state index >= 15 is 0 Å². The molecule has 0 amide bonds. The van der Waals surface area contributed by atoms with Crippen LogP contribution in [0.2, 0.25) is 0 Å². The third kappa shape index (κ3) is 3.55. The second-order valence-corrected chi connectivity index (χ2v) is 7.09. The Morgan fingerprint density at radius 3 is 1.48 bits per heavy atom. The number of hydrogen-bond acceptors (Lipinski definition) is 2. The molecule has 31 heavy (non-hydrogen) atoms. The van der Waals surface area contributed by atoms with Crippen molar-refractivity contribution in [1.82, 2.24) is 19.1 Å². The summed E-state index contributed by atoms with van der Waals surface area (Å²) >= 11 is 0. The van der Waals surface area contributed by atoms with Crippen LogP contribution in [0.1, 0.15) is 13.8 Å². The van der Waals surface area contributed by atoms with Crippen LogP contribution in [-0.4, -0.2) is 19.1 Å². The maximum absolute atomic E-state index is 4.43. The Labute approximate surface area is 195 Å². The van der Waals surface area contributed by atoms with Crippen molar-refractivity contribution in [1.29, 1.82) is 0 Å². The second kappa shape index (κ2) is 9.03. The van der Waals surface area contributed by atoms with E-state index < -0.39 is 0 Å². The number of fused-ring (bicyclic) bond motifs is 6. The van der Waals surface area contributed by atoms with Crippen LogP contribution in [0.5, 0.6) is 0 Å². The molecule has 0 saturated heterocycles.